The maximum atomic E-state index is 13.1. The monoisotopic (exact) mass is 496 g/mol. The van der Waals surface area contributed by atoms with Crippen LogP contribution >= 0.6 is 22.9 Å². The number of fused-ring (bicyclic) bond motifs is 1. The number of rotatable bonds is 6. The number of carbonyl (C=O) groups excluding carboxylic acids is 1. The van der Waals surface area contributed by atoms with Gasteiger partial charge in [-0.3, -0.25) is 4.79 Å². The van der Waals surface area contributed by atoms with E-state index >= 15 is 0 Å². The molecule has 10 heteroatoms. The van der Waals surface area contributed by atoms with Gasteiger partial charge in [0.25, 0.3) is 5.91 Å². The lowest BCUT2D eigenvalue weighted by atomic mass is 10.1. The van der Waals surface area contributed by atoms with Gasteiger partial charge in [0.2, 0.25) is 5.95 Å². The molecule has 1 fully saturated rings. The van der Waals surface area contributed by atoms with Crippen molar-refractivity contribution in [1.29, 1.82) is 0 Å². The van der Waals surface area contributed by atoms with Crippen LogP contribution in [0, 0.1) is 5.82 Å². The largest absolute Gasteiger partial charge is 0.368 e. The molecular weight excluding hydrogens is 475 g/mol. The predicted octanol–water partition coefficient (Wildman–Crippen LogP) is 4.25. The lowest BCUT2D eigenvalue weighted by molar-refractivity contribution is 0.0940. The molecule has 174 valence electrons. The number of amides is 1. The molecule has 0 unspecified atom stereocenters. The molecule has 0 bridgehead atoms. The van der Waals surface area contributed by atoms with E-state index in [0.717, 1.165) is 40.3 Å². The molecule has 0 aliphatic carbocycles. The Balaban J connectivity index is 1.29. The second kappa shape index (κ2) is 9.52. The van der Waals surface area contributed by atoms with Crippen molar-refractivity contribution < 1.29 is 9.18 Å². The molecule has 4 aromatic rings. The number of anilines is 2. The summed E-state index contributed by atoms with van der Waals surface area (Å²) in [5.74, 6) is 0.514. The van der Waals surface area contributed by atoms with Crippen LogP contribution in [0.4, 0.5) is 16.2 Å². The van der Waals surface area contributed by atoms with Gasteiger partial charge in [-0.25, -0.2) is 14.4 Å². The highest BCUT2D eigenvalue weighted by atomic mass is 35.5. The van der Waals surface area contributed by atoms with Gasteiger partial charge in [0.15, 0.2) is 10.6 Å². The van der Waals surface area contributed by atoms with E-state index in [1.54, 1.807) is 36.4 Å². The van der Waals surface area contributed by atoms with Crippen LogP contribution < -0.4 is 16.0 Å². The molecule has 1 aliphatic heterocycles. The quantitative estimate of drug-likeness (QED) is 0.414. The Morgan fingerprint density at radius 3 is 2.65 bits per heavy atom. The van der Waals surface area contributed by atoms with Gasteiger partial charge >= 0.3 is 0 Å². The molecule has 2 aromatic heterocycles. The van der Waals surface area contributed by atoms with E-state index in [4.69, 9.17) is 22.3 Å². The fourth-order valence-electron chi connectivity index (χ4n) is 4.04. The Morgan fingerprint density at radius 2 is 1.88 bits per heavy atom. The van der Waals surface area contributed by atoms with Gasteiger partial charge in [0, 0.05) is 36.1 Å². The number of hydrogen-bond donors (Lipinski definition) is 2. The molecule has 0 spiro atoms. The molecule has 34 heavy (non-hydrogen) atoms. The molecule has 1 atom stereocenters. The first-order valence-electron chi connectivity index (χ1n) is 10.9. The molecule has 2 aromatic carbocycles. The third-order valence-corrected chi connectivity index (χ3v) is 7.03. The Bertz CT molecular complexity index is 1330. The third-order valence-electron chi connectivity index (χ3n) is 5.77. The zero-order chi connectivity index (χ0) is 23.7. The van der Waals surface area contributed by atoms with Gasteiger partial charge in [0.1, 0.15) is 11.3 Å². The van der Waals surface area contributed by atoms with Gasteiger partial charge in [-0.1, -0.05) is 35.1 Å². The van der Waals surface area contributed by atoms with Crippen LogP contribution in [0.1, 0.15) is 27.3 Å². The summed E-state index contributed by atoms with van der Waals surface area (Å²) in [4.78, 5) is 29.1. The number of thiazole rings is 1. The van der Waals surface area contributed by atoms with E-state index in [1.165, 1.54) is 23.5 Å². The lowest BCUT2D eigenvalue weighted by Gasteiger charge is -2.18. The van der Waals surface area contributed by atoms with E-state index in [2.05, 4.69) is 20.2 Å². The summed E-state index contributed by atoms with van der Waals surface area (Å²) in [5, 5.41) is 4.60. The van der Waals surface area contributed by atoms with Crippen molar-refractivity contribution in [2.75, 3.05) is 23.7 Å². The smallest absolute Gasteiger partial charge is 0.251 e. The first kappa shape index (κ1) is 22.5. The number of halogens is 2. The van der Waals surface area contributed by atoms with Crippen molar-refractivity contribution in [3.8, 4) is 0 Å². The topological polar surface area (TPSA) is 97.0 Å². The number of nitrogens with zero attached hydrogens (tertiary/aromatic N) is 4. The van der Waals surface area contributed by atoms with Crippen LogP contribution in [0.15, 0.2) is 48.5 Å². The minimum Gasteiger partial charge on any atom is -0.368 e. The Hall–Kier alpha value is -3.30. The third kappa shape index (κ3) is 4.95. The van der Waals surface area contributed by atoms with Crippen LogP contribution in [0.2, 0.25) is 5.02 Å². The normalized spacial score (nSPS) is 15.7. The molecule has 3 heterocycles. The van der Waals surface area contributed by atoms with E-state index in [-0.39, 0.29) is 23.7 Å². The standard InChI is InChI=1S/C24H22ClFN6OS/c25-16-6-4-15(5-7-16)22(33)28-18-11-12-32(13-18)21-20-23(31-24(27)30-21)34-19(29-20)10-3-14-1-8-17(26)9-2-14/h1-2,4-9,18H,3,10-13H2,(H,28,33)(H2,27,30,31)/t18-/m1/s1. The highest BCUT2D eigenvalue weighted by Gasteiger charge is 2.28. The van der Waals surface area contributed by atoms with Crippen molar-refractivity contribution in [3.63, 3.8) is 0 Å². The zero-order valence-electron chi connectivity index (χ0n) is 18.2. The van der Waals surface area contributed by atoms with E-state index in [1.807, 2.05) is 0 Å². The van der Waals surface area contributed by atoms with Crippen LogP contribution in [0.3, 0.4) is 0 Å². The maximum Gasteiger partial charge on any atom is 0.251 e. The van der Waals surface area contributed by atoms with Crippen molar-refractivity contribution in [2.24, 2.45) is 0 Å². The van der Waals surface area contributed by atoms with E-state index in [9.17, 15) is 9.18 Å². The number of nitrogens with one attached hydrogen (secondary N) is 1. The van der Waals surface area contributed by atoms with Gasteiger partial charge in [0.05, 0.1) is 5.01 Å². The minimum absolute atomic E-state index is 0.0222. The second-order valence-electron chi connectivity index (χ2n) is 8.21. The molecule has 1 aliphatic rings. The summed E-state index contributed by atoms with van der Waals surface area (Å²) in [6.45, 7) is 1.33. The number of benzene rings is 2. The SMILES string of the molecule is Nc1nc(N2CC[C@@H](NC(=O)c3ccc(Cl)cc3)C2)c2nc(CCc3ccc(F)cc3)sc2n1. The summed E-state index contributed by atoms with van der Waals surface area (Å²) in [6.07, 6.45) is 2.25. The lowest BCUT2D eigenvalue weighted by Crippen LogP contribution is -2.37. The predicted molar refractivity (Wildman–Crippen MR) is 133 cm³/mol. The summed E-state index contributed by atoms with van der Waals surface area (Å²) < 4.78 is 13.1. The first-order valence-corrected chi connectivity index (χ1v) is 12.1. The van der Waals surface area contributed by atoms with Gasteiger partial charge in [-0.2, -0.15) is 4.98 Å². The Kier molecular flexibility index (Phi) is 6.30. The minimum atomic E-state index is -0.243. The fourth-order valence-corrected chi connectivity index (χ4v) is 5.10. The van der Waals surface area contributed by atoms with Crippen LogP contribution in [0.5, 0.6) is 0 Å². The molecular formula is C24H22ClFN6OS. The Labute approximate surface area is 204 Å². The average Bonchev–Trinajstić information content (AvgIpc) is 3.45. The highest BCUT2D eigenvalue weighted by molar-refractivity contribution is 7.18. The van der Waals surface area contributed by atoms with Gasteiger partial charge in [-0.05, 0) is 54.8 Å². The number of nitrogens with two attached hydrogens (primary N) is 1. The van der Waals surface area contributed by atoms with Crippen molar-refractivity contribution in [2.45, 2.75) is 25.3 Å². The Morgan fingerprint density at radius 1 is 1.12 bits per heavy atom. The van der Waals surface area contributed by atoms with E-state index in [0.29, 0.717) is 29.4 Å². The number of carbonyl (C=O) groups is 1. The molecule has 7 nitrogen and oxygen atoms in total. The van der Waals surface area contributed by atoms with Crippen LogP contribution in [-0.2, 0) is 12.8 Å². The molecule has 3 N–H and O–H groups in total. The summed E-state index contributed by atoms with van der Waals surface area (Å²) in [6, 6.07) is 13.3. The first-order chi connectivity index (χ1) is 16.4. The van der Waals surface area contributed by atoms with E-state index < -0.39 is 0 Å². The fraction of sp³-hybridized carbons (Fsp3) is 0.250. The van der Waals surface area contributed by atoms with Crippen LogP contribution in [-0.4, -0.2) is 40.0 Å². The number of nitrogen functional groups attached to an aromatic ring is 1. The molecule has 5 rings (SSSR count). The summed E-state index contributed by atoms with van der Waals surface area (Å²) in [7, 11) is 0. The average molecular weight is 497 g/mol. The molecule has 0 saturated carbocycles. The van der Waals surface area contributed by atoms with Crippen molar-refractivity contribution in [1.82, 2.24) is 20.3 Å². The molecule has 0 radical (unpaired) electrons. The highest BCUT2D eigenvalue weighted by Crippen LogP contribution is 2.31. The number of hydrogen-bond acceptors (Lipinski definition) is 7. The second-order valence-corrected chi connectivity index (χ2v) is 9.70. The van der Waals surface area contributed by atoms with Gasteiger partial charge < -0.3 is 16.0 Å². The van der Waals surface area contributed by atoms with Crippen molar-refractivity contribution in [3.05, 3.63) is 75.5 Å². The maximum absolute atomic E-state index is 13.1. The van der Waals surface area contributed by atoms with Crippen LogP contribution in [0.25, 0.3) is 10.3 Å². The summed E-state index contributed by atoms with van der Waals surface area (Å²) in [5.41, 5.74) is 8.34. The van der Waals surface area contributed by atoms with Crippen molar-refractivity contribution >= 4 is 51.0 Å². The number of aromatic nitrogens is 3. The zero-order valence-corrected chi connectivity index (χ0v) is 19.7. The number of aryl methyl sites for hydroxylation is 2. The molecule has 1 saturated heterocycles. The van der Waals surface area contributed by atoms with Gasteiger partial charge in [-0.15, -0.1) is 0 Å². The summed E-state index contributed by atoms with van der Waals surface area (Å²) >= 11 is 7.41. The molecule has 1 amide bonds.